The topological polar surface area (TPSA) is 71.3 Å². The van der Waals surface area contributed by atoms with Crippen LogP contribution in [-0.2, 0) is 11.8 Å². The minimum Gasteiger partial charge on any atom is -0.481 e. The van der Waals surface area contributed by atoms with Gasteiger partial charge in [0.2, 0.25) is 0 Å². The molecule has 1 saturated carbocycles. The number of hydrogen-bond acceptors (Lipinski definition) is 2. The highest BCUT2D eigenvalue weighted by Crippen LogP contribution is 2.38. The number of rotatable bonds is 5. The van der Waals surface area contributed by atoms with Crippen molar-refractivity contribution < 1.29 is 14.7 Å². The van der Waals surface area contributed by atoms with Gasteiger partial charge in [0.25, 0.3) is 5.91 Å². The lowest BCUT2D eigenvalue weighted by molar-refractivity contribution is -0.140. The van der Waals surface area contributed by atoms with Crippen LogP contribution in [0, 0.1) is 5.41 Å². The molecule has 0 aliphatic heterocycles. The smallest absolute Gasteiger partial charge is 0.303 e. The maximum atomic E-state index is 12.1. The fourth-order valence-electron chi connectivity index (χ4n) is 3.09. The first kappa shape index (κ1) is 14.6. The van der Waals surface area contributed by atoms with Gasteiger partial charge in [0.05, 0.1) is 6.42 Å². The molecule has 1 aliphatic carbocycles. The molecule has 0 aromatic carbocycles. The summed E-state index contributed by atoms with van der Waals surface area (Å²) in [6.07, 6.45) is 6.98. The number of amides is 1. The van der Waals surface area contributed by atoms with E-state index in [-0.39, 0.29) is 17.7 Å². The Bertz CT molecular complexity index is 487. The van der Waals surface area contributed by atoms with Gasteiger partial charge in [-0.1, -0.05) is 19.3 Å². The summed E-state index contributed by atoms with van der Waals surface area (Å²) in [6.45, 7) is 0.448. The van der Waals surface area contributed by atoms with E-state index in [0.29, 0.717) is 12.2 Å². The fraction of sp³-hybridized carbons (Fsp3) is 0.600. The number of nitrogens with one attached hydrogen (secondary N) is 1. The van der Waals surface area contributed by atoms with E-state index in [0.717, 1.165) is 32.1 Å². The lowest BCUT2D eigenvalue weighted by Crippen LogP contribution is -2.40. The monoisotopic (exact) mass is 278 g/mol. The largest absolute Gasteiger partial charge is 0.481 e. The van der Waals surface area contributed by atoms with E-state index in [2.05, 4.69) is 5.32 Å². The van der Waals surface area contributed by atoms with Gasteiger partial charge in [0.15, 0.2) is 0 Å². The van der Waals surface area contributed by atoms with Crippen molar-refractivity contribution in [2.75, 3.05) is 6.54 Å². The van der Waals surface area contributed by atoms with Crippen LogP contribution in [0.25, 0.3) is 0 Å². The number of aliphatic carboxylic acids is 1. The van der Waals surface area contributed by atoms with Gasteiger partial charge in [-0.15, -0.1) is 0 Å². The molecule has 0 spiro atoms. The number of hydrogen-bond donors (Lipinski definition) is 2. The second-order valence-corrected chi connectivity index (χ2v) is 5.82. The number of carboxylic acid groups (broad SMARTS) is 1. The molecule has 0 saturated heterocycles. The van der Waals surface area contributed by atoms with Crippen molar-refractivity contribution in [3.8, 4) is 0 Å². The quantitative estimate of drug-likeness (QED) is 0.867. The maximum absolute atomic E-state index is 12.1. The average Bonchev–Trinajstić information content (AvgIpc) is 2.83. The second-order valence-electron chi connectivity index (χ2n) is 5.82. The SMILES string of the molecule is Cn1cccc1C(=O)NCC1(CC(=O)O)CCCCC1. The number of aryl methyl sites for hydroxylation is 1. The molecule has 1 aromatic rings. The highest BCUT2D eigenvalue weighted by atomic mass is 16.4. The third-order valence-corrected chi connectivity index (χ3v) is 4.24. The predicted molar refractivity (Wildman–Crippen MR) is 75.5 cm³/mol. The van der Waals surface area contributed by atoms with Crippen molar-refractivity contribution in [1.82, 2.24) is 9.88 Å². The molecule has 20 heavy (non-hydrogen) atoms. The molecule has 0 atom stereocenters. The van der Waals surface area contributed by atoms with Crippen LogP contribution >= 0.6 is 0 Å². The molecule has 110 valence electrons. The first-order valence-corrected chi connectivity index (χ1v) is 7.14. The molecular weight excluding hydrogens is 256 g/mol. The highest BCUT2D eigenvalue weighted by molar-refractivity contribution is 5.92. The van der Waals surface area contributed by atoms with E-state index in [9.17, 15) is 9.59 Å². The number of carbonyl (C=O) groups is 2. The molecule has 0 radical (unpaired) electrons. The predicted octanol–water partition coefficient (Wildman–Crippen LogP) is 2.18. The van der Waals surface area contributed by atoms with Gasteiger partial charge < -0.3 is 15.0 Å². The molecule has 1 aliphatic rings. The Morgan fingerprint density at radius 2 is 2.05 bits per heavy atom. The maximum Gasteiger partial charge on any atom is 0.303 e. The summed E-state index contributed by atoms with van der Waals surface area (Å²) >= 11 is 0. The molecule has 5 nitrogen and oxygen atoms in total. The molecule has 0 unspecified atom stereocenters. The summed E-state index contributed by atoms with van der Waals surface area (Å²) in [6, 6.07) is 3.59. The van der Waals surface area contributed by atoms with E-state index in [1.165, 1.54) is 0 Å². The van der Waals surface area contributed by atoms with Crippen molar-refractivity contribution in [2.45, 2.75) is 38.5 Å². The van der Waals surface area contributed by atoms with E-state index in [1.54, 1.807) is 10.6 Å². The van der Waals surface area contributed by atoms with Gasteiger partial charge in [-0.05, 0) is 30.4 Å². The van der Waals surface area contributed by atoms with Crippen molar-refractivity contribution in [3.63, 3.8) is 0 Å². The zero-order valence-corrected chi connectivity index (χ0v) is 11.9. The summed E-state index contributed by atoms with van der Waals surface area (Å²) < 4.78 is 1.76. The number of carboxylic acids is 1. The Morgan fingerprint density at radius 1 is 1.35 bits per heavy atom. The average molecular weight is 278 g/mol. The van der Waals surface area contributed by atoms with E-state index in [4.69, 9.17) is 5.11 Å². The standard InChI is InChI=1S/C15H22N2O3/c1-17-9-5-6-12(17)14(20)16-11-15(10-13(18)19)7-3-2-4-8-15/h5-6,9H,2-4,7-8,10-11H2,1H3,(H,16,20)(H,18,19). The Hall–Kier alpha value is -1.78. The summed E-state index contributed by atoms with van der Waals surface area (Å²) in [7, 11) is 1.82. The van der Waals surface area contributed by atoms with E-state index < -0.39 is 5.97 Å². The lowest BCUT2D eigenvalue weighted by atomic mass is 9.71. The first-order valence-electron chi connectivity index (χ1n) is 7.14. The molecule has 0 bridgehead atoms. The van der Waals surface area contributed by atoms with Gasteiger partial charge in [-0.2, -0.15) is 0 Å². The Labute approximate surface area is 119 Å². The Balaban J connectivity index is 2.00. The second kappa shape index (κ2) is 6.11. The van der Waals surface area contributed by atoms with Crippen LogP contribution in [0.3, 0.4) is 0 Å². The molecule has 1 aromatic heterocycles. The van der Waals surface area contributed by atoms with E-state index >= 15 is 0 Å². The molecule has 1 fully saturated rings. The van der Waals surface area contributed by atoms with Crippen LogP contribution in [0.2, 0.25) is 0 Å². The third-order valence-electron chi connectivity index (χ3n) is 4.24. The molecule has 1 amide bonds. The minimum absolute atomic E-state index is 0.132. The highest BCUT2D eigenvalue weighted by Gasteiger charge is 2.34. The van der Waals surface area contributed by atoms with Crippen molar-refractivity contribution in [1.29, 1.82) is 0 Å². The first-order chi connectivity index (χ1) is 9.52. The molecular formula is C15H22N2O3. The summed E-state index contributed by atoms with van der Waals surface area (Å²) in [5.41, 5.74) is 0.330. The van der Waals surface area contributed by atoms with Gasteiger partial charge in [-0.3, -0.25) is 9.59 Å². The van der Waals surface area contributed by atoms with Gasteiger partial charge in [0.1, 0.15) is 5.69 Å². The van der Waals surface area contributed by atoms with Crippen molar-refractivity contribution in [2.24, 2.45) is 12.5 Å². The summed E-state index contributed by atoms with van der Waals surface area (Å²) in [5, 5.41) is 12.0. The molecule has 2 N–H and O–H groups in total. The minimum atomic E-state index is -0.778. The Kier molecular flexibility index (Phi) is 4.47. The van der Waals surface area contributed by atoms with Crippen molar-refractivity contribution in [3.05, 3.63) is 24.0 Å². The third kappa shape index (κ3) is 3.40. The summed E-state index contributed by atoms with van der Waals surface area (Å²) in [4.78, 5) is 23.2. The van der Waals surface area contributed by atoms with Crippen LogP contribution in [0.4, 0.5) is 0 Å². The number of aromatic nitrogens is 1. The van der Waals surface area contributed by atoms with Gasteiger partial charge in [0, 0.05) is 19.8 Å². The summed E-state index contributed by atoms with van der Waals surface area (Å²) in [5.74, 6) is -0.909. The van der Waals surface area contributed by atoms with Crippen LogP contribution in [0.15, 0.2) is 18.3 Å². The number of carbonyl (C=O) groups excluding carboxylic acids is 1. The van der Waals surface area contributed by atoms with Gasteiger partial charge in [-0.25, -0.2) is 0 Å². The van der Waals surface area contributed by atoms with Crippen LogP contribution in [0.1, 0.15) is 49.0 Å². The Morgan fingerprint density at radius 3 is 2.60 bits per heavy atom. The zero-order chi connectivity index (χ0) is 14.6. The van der Waals surface area contributed by atoms with Gasteiger partial charge >= 0.3 is 5.97 Å². The van der Waals surface area contributed by atoms with Crippen LogP contribution in [0.5, 0.6) is 0 Å². The molecule has 5 heteroatoms. The molecule has 2 rings (SSSR count). The lowest BCUT2D eigenvalue weighted by Gasteiger charge is -2.36. The normalized spacial score (nSPS) is 17.6. The molecule has 1 heterocycles. The zero-order valence-electron chi connectivity index (χ0n) is 11.9. The van der Waals surface area contributed by atoms with E-state index in [1.807, 2.05) is 19.3 Å². The number of nitrogens with zero attached hydrogens (tertiary/aromatic N) is 1. The van der Waals surface area contributed by atoms with Crippen LogP contribution < -0.4 is 5.32 Å². The van der Waals surface area contributed by atoms with Crippen molar-refractivity contribution >= 4 is 11.9 Å². The fourth-order valence-corrected chi connectivity index (χ4v) is 3.09. The van der Waals surface area contributed by atoms with Crippen LogP contribution in [-0.4, -0.2) is 28.1 Å².